The predicted octanol–water partition coefficient (Wildman–Crippen LogP) is -0.733. The molecular weight excluding hydrogens is 240 g/mol. The summed E-state index contributed by atoms with van der Waals surface area (Å²) in [5.41, 5.74) is 0. The fourth-order valence-corrected chi connectivity index (χ4v) is 1.48. The molecule has 0 saturated heterocycles. The molecule has 0 spiro atoms. The van der Waals surface area contributed by atoms with Gasteiger partial charge >= 0.3 is 16.3 Å². The largest absolute Gasteiger partial charge is 0.443 e. The minimum Gasteiger partial charge on any atom is -0.443 e. The normalized spacial score (nSPS) is 11.6. The van der Waals surface area contributed by atoms with E-state index in [4.69, 9.17) is 14.6 Å². The van der Waals surface area contributed by atoms with Gasteiger partial charge in [-0.25, -0.2) is 9.93 Å². The van der Waals surface area contributed by atoms with E-state index in [9.17, 15) is 13.2 Å². The topological polar surface area (TPSA) is 108 Å². The third kappa shape index (κ3) is 4.75. The summed E-state index contributed by atoms with van der Waals surface area (Å²) in [4.78, 5) is 11.3. The van der Waals surface area contributed by atoms with Crippen molar-refractivity contribution in [3.05, 3.63) is 0 Å². The highest BCUT2D eigenvalue weighted by atomic mass is 32.2. The third-order valence-corrected chi connectivity index (χ3v) is 2.69. The zero-order chi connectivity index (χ0) is 12.8. The molecule has 0 aromatic heterocycles. The Morgan fingerprint density at radius 1 is 1.38 bits per heavy atom. The molecule has 1 amide bonds. The molecule has 0 aliphatic heterocycles. The van der Waals surface area contributed by atoms with Crippen molar-refractivity contribution in [1.82, 2.24) is 4.31 Å². The van der Waals surface area contributed by atoms with Gasteiger partial charge in [-0.1, -0.05) is 0 Å². The van der Waals surface area contributed by atoms with E-state index in [2.05, 4.69) is 4.74 Å². The van der Waals surface area contributed by atoms with E-state index < -0.39 is 22.6 Å². The van der Waals surface area contributed by atoms with E-state index in [-0.39, 0.29) is 13.2 Å². The summed E-state index contributed by atoms with van der Waals surface area (Å²) in [6.07, 6.45) is -1.81. The Bertz CT molecular complexity index is 313. The second kappa shape index (κ2) is 6.63. The molecule has 0 saturated carbocycles. The molecule has 9 heteroatoms. The van der Waals surface area contributed by atoms with Crippen molar-refractivity contribution in [1.29, 1.82) is 0 Å². The first-order chi connectivity index (χ1) is 7.36. The summed E-state index contributed by atoms with van der Waals surface area (Å²) in [6.45, 7) is 1.12. The molecule has 0 rings (SSSR count). The van der Waals surface area contributed by atoms with E-state index in [0.717, 1.165) is 0 Å². The van der Waals surface area contributed by atoms with E-state index in [1.807, 2.05) is 0 Å². The minimum absolute atomic E-state index is 0.109. The standard InChI is InChI=1S/C7H16N2O6S/c1-4-9(16(8,11)12)7(10)15-5-6(13-2)14-3/h6H,4-5H2,1-3H3,(H2,8,11,12). The van der Waals surface area contributed by atoms with Crippen molar-refractivity contribution in [2.75, 3.05) is 27.4 Å². The van der Waals surface area contributed by atoms with Crippen molar-refractivity contribution < 1.29 is 27.4 Å². The molecule has 0 radical (unpaired) electrons. The summed E-state index contributed by atoms with van der Waals surface area (Å²) in [6, 6.07) is 0. The van der Waals surface area contributed by atoms with Gasteiger partial charge in [0.2, 0.25) is 0 Å². The quantitative estimate of drug-likeness (QED) is 0.627. The van der Waals surface area contributed by atoms with E-state index in [1.54, 1.807) is 0 Å². The summed E-state index contributed by atoms with van der Waals surface area (Å²) in [5.74, 6) is 0. The van der Waals surface area contributed by atoms with Gasteiger partial charge in [0.15, 0.2) is 6.29 Å². The molecule has 0 aromatic carbocycles. The molecule has 0 atom stereocenters. The highest BCUT2D eigenvalue weighted by molar-refractivity contribution is 7.87. The minimum atomic E-state index is -4.10. The summed E-state index contributed by atoms with van der Waals surface area (Å²) in [5, 5.41) is 4.80. The molecule has 8 nitrogen and oxygen atoms in total. The molecule has 0 bridgehead atoms. The Morgan fingerprint density at radius 2 is 1.88 bits per heavy atom. The van der Waals surface area contributed by atoms with Gasteiger partial charge in [0, 0.05) is 20.8 Å². The van der Waals surface area contributed by atoms with Crippen molar-refractivity contribution in [3.8, 4) is 0 Å². The average molecular weight is 256 g/mol. The summed E-state index contributed by atoms with van der Waals surface area (Å²) >= 11 is 0. The van der Waals surface area contributed by atoms with Crippen LogP contribution < -0.4 is 5.14 Å². The predicted molar refractivity (Wildman–Crippen MR) is 54.6 cm³/mol. The van der Waals surface area contributed by atoms with Crippen LogP contribution in [0.25, 0.3) is 0 Å². The van der Waals surface area contributed by atoms with E-state index in [1.165, 1.54) is 21.1 Å². The number of ether oxygens (including phenoxy) is 3. The third-order valence-electron chi connectivity index (χ3n) is 1.67. The Morgan fingerprint density at radius 3 is 2.19 bits per heavy atom. The second-order valence-electron chi connectivity index (χ2n) is 2.69. The smallest absolute Gasteiger partial charge is 0.424 e. The lowest BCUT2D eigenvalue weighted by atomic mass is 10.7. The van der Waals surface area contributed by atoms with Crippen LogP contribution in [0.5, 0.6) is 0 Å². The lowest BCUT2D eigenvalue weighted by molar-refractivity contribution is -0.129. The number of hydrogen-bond acceptors (Lipinski definition) is 6. The number of amides is 1. The van der Waals surface area contributed by atoms with Crippen LogP contribution in [0.2, 0.25) is 0 Å². The van der Waals surface area contributed by atoms with Gasteiger partial charge in [0.25, 0.3) is 0 Å². The fourth-order valence-electron chi connectivity index (χ4n) is 0.857. The lowest BCUT2D eigenvalue weighted by Gasteiger charge is -2.19. The molecule has 2 N–H and O–H groups in total. The Hall–Kier alpha value is -0.900. The summed E-state index contributed by atoms with van der Waals surface area (Å²) in [7, 11) is -1.38. The molecule has 16 heavy (non-hydrogen) atoms. The van der Waals surface area contributed by atoms with E-state index in [0.29, 0.717) is 4.31 Å². The van der Waals surface area contributed by atoms with Gasteiger partial charge in [-0.15, -0.1) is 0 Å². The number of nitrogens with two attached hydrogens (primary N) is 1. The Labute approximate surface area is 94.4 Å². The number of methoxy groups -OCH3 is 2. The molecular formula is C7H16N2O6S. The van der Waals surface area contributed by atoms with Gasteiger partial charge in [-0.05, 0) is 6.92 Å². The van der Waals surface area contributed by atoms with Crippen LogP contribution in [0.3, 0.4) is 0 Å². The molecule has 0 aliphatic rings. The highest BCUT2D eigenvalue weighted by Crippen LogP contribution is 2.00. The maximum atomic E-state index is 11.3. The average Bonchev–Trinajstić information content (AvgIpc) is 2.18. The lowest BCUT2D eigenvalue weighted by Crippen LogP contribution is -2.42. The van der Waals surface area contributed by atoms with Crippen LogP contribution in [0.4, 0.5) is 4.79 Å². The van der Waals surface area contributed by atoms with Crippen molar-refractivity contribution in [3.63, 3.8) is 0 Å². The van der Waals surface area contributed by atoms with Crippen molar-refractivity contribution in [2.24, 2.45) is 5.14 Å². The molecule has 0 aromatic rings. The van der Waals surface area contributed by atoms with E-state index >= 15 is 0 Å². The van der Waals surface area contributed by atoms with Gasteiger partial charge < -0.3 is 14.2 Å². The fraction of sp³-hybridized carbons (Fsp3) is 0.857. The number of carbonyl (C=O) groups is 1. The molecule has 96 valence electrons. The van der Waals surface area contributed by atoms with Crippen LogP contribution in [0.1, 0.15) is 6.92 Å². The number of rotatable bonds is 6. The van der Waals surface area contributed by atoms with Gasteiger partial charge in [-0.2, -0.15) is 12.7 Å². The zero-order valence-corrected chi connectivity index (χ0v) is 10.2. The first kappa shape index (κ1) is 15.1. The Kier molecular flexibility index (Phi) is 6.26. The molecule has 0 fully saturated rings. The molecule has 0 aliphatic carbocycles. The number of carbonyl (C=O) groups excluding carboxylic acids is 1. The van der Waals surface area contributed by atoms with Gasteiger partial charge in [0.1, 0.15) is 6.61 Å². The van der Waals surface area contributed by atoms with Gasteiger partial charge in [-0.3, -0.25) is 0 Å². The van der Waals surface area contributed by atoms with Crippen LogP contribution >= 0.6 is 0 Å². The van der Waals surface area contributed by atoms with Crippen LogP contribution in [0, 0.1) is 0 Å². The maximum Gasteiger partial charge on any atom is 0.424 e. The monoisotopic (exact) mass is 256 g/mol. The van der Waals surface area contributed by atoms with Gasteiger partial charge in [0.05, 0.1) is 0 Å². The van der Waals surface area contributed by atoms with Crippen molar-refractivity contribution in [2.45, 2.75) is 13.2 Å². The number of hydrogen-bond donors (Lipinski definition) is 1. The van der Waals surface area contributed by atoms with Crippen LogP contribution in [-0.4, -0.2) is 52.5 Å². The highest BCUT2D eigenvalue weighted by Gasteiger charge is 2.24. The summed E-state index contributed by atoms with van der Waals surface area (Å²) < 4.78 is 36.4. The maximum absolute atomic E-state index is 11.3. The first-order valence-electron chi connectivity index (χ1n) is 4.39. The second-order valence-corrected chi connectivity index (χ2v) is 4.16. The molecule has 0 unspecified atom stereocenters. The Balaban J connectivity index is 4.34. The van der Waals surface area contributed by atoms with Crippen LogP contribution in [0.15, 0.2) is 0 Å². The van der Waals surface area contributed by atoms with Crippen molar-refractivity contribution >= 4 is 16.3 Å². The first-order valence-corrected chi connectivity index (χ1v) is 5.89. The number of nitrogens with zero attached hydrogens (tertiary/aromatic N) is 1. The SMILES string of the molecule is CCN(C(=O)OCC(OC)OC)S(N)(=O)=O. The van der Waals surface area contributed by atoms with Crippen LogP contribution in [-0.2, 0) is 24.4 Å². The molecule has 0 heterocycles. The zero-order valence-electron chi connectivity index (χ0n) is 9.37.